The number of benzene rings is 3. The second-order valence-corrected chi connectivity index (χ2v) is 31.6. The summed E-state index contributed by atoms with van der Waals surface area (Å²) in [6, 6.07) is 35.1. The molecule has 1 heterocycles. The molecule has 0 unspecified atom stereocenters. The van der Waals surface area contributed by atoms with Crippen LogP contribution in [0.3, 0.4) is 0 Å². The summed E-state index contributed by atoms with van der Waals surface area (Å²) in [4.78, 5) is 2.66. The van der Waals surface area contributed by atoms with Gasteiger partial charge >= 0.3 is 0 Å². The fourth-order valence-electron chi connectivity index (χ4n) is 12.4. The van der Waals surface area contributed by atoms with Crippen molar-refractivity contribution in [1.82, 2.24) is 4.90 Å². The normalized spacial score (nSPS) is 17.3. The van der Waals surface area contributed by atoms with E-state index in [1.807, 2.05) is 0 Å². The topological polar surface area (TPSA) is 43.7 Å². The highest BCUT2D eigenvalue weighted by Gasteiger charge is 2.51. The van der Waals surface area contributed by atoms with Crippen molar-refractivity contribution in [3.8, 4) is 0 Å². The number of nitrogens with zero attached hydrogens (tertiary/aromatic N) is 1. The minimum Gasteiger partial charge on any atom is -0.393 e. The highest BCUT2D eigenvalue weighted by atomic mass is 32.1. The molecule has 2 aliphatic rings. The first-order valence-corrected chi connectivity index (χ1v) is 27.3. The van der Waals surface area contributed by atoms with Crippen molar-refractivity contribution in [3.05, 3.63) is 108 Å². The third-order valence-corrected chi connectivity index (χ3v) is 30.4. The van der Waals surface area contributed by atoms with Gasteiger partial charge in [0.25, 0.3) is 0 Å². The quantitative estimate of drug-likeness (QED) is 0.111. The summed E-state index contributed by atoms with van der Waals surface area (Å²) >= 11 is 0. The standard InChI is InChI=1S/C34H47NOSi.C16H34OSi.CH4.4H2S/c1-26(2)37(27(3)4,28(5)6)25-33(36)32-23-16-24-35(32)34(29-17-10-7-11-18-29,30-19-12-8-13-20-30)31-21-14-9-15-22-31;1-12(2)18(13(3)4,14(5)6)11-16(17)15-9-7-8-10-15;;;;;/h7-15,17-22,26-28,32-33,36H,16,23-25H2,1-6H3;12-17H,7-11H2,1-6H3;1H4;4*1H2/t32-,33+;16-;;;;;/m01...../s1. The molecule has 60 heavy (non-hydrogen) atoms. The predicted octanol–water partition coefficient (Wildman–Crippen LogP) is 14.8. The molecule has 3 atom stereocenters. The molecule has 5 rings (SSSR count). The molecule has 0 amide bonds. The molecule has 3 aromatic rings. The van der Waals surface area contributed by atoms with Crippen LogP contribution in [0.2, 0.25) is 45.3 Å². The Bertz CT molecular complexity index is 1400. The predicted molar refractivity (Wildman–Crippen MR) is 293 cm³/mol. The summed E-state index contributed by atoms with van der Waals surface area (Å²) in [5.74, 6) is 0.605. The van der Waals surface area contributed by atoms with Crippen LogP contribution in [0.4, 0.5) is 0 Å². The number of aliphatic hydroxyl groups excluding tert-OH is 2. The Labute approximate surface area is 400 Å². The summed E-state index contributed by atoms with van der Waals surface area (Å²) in [7, 11) is -3.17. The minimum atomic E-state index is -1.76. The van der Waals surface area contributed by atoms with E-state index in [1.54, 1.807) is 0 Å². The van der Waals surface area contributed by atoms with Gasteiger partial charge in [0.05, 0.1) is 33.9 Å². The second kappa shape index (κ2) is 27.6. The molecule has 346 valence electrons. The Morgan fingerprint density at radius 2 is 0.783 bits per heavy atom. The van der Waals surface area contributed by atoms with Crippen molar-refractivity contribution in [3.63, 3.8) is 0 Å². The number of likely N-dealkylation sites (tertiary alicyclic amines) is 1. The maximum absolute atomic E-state index is 12.2. The molecular weight excluding hydrogens is 843 g/mol. The lowest BCUT2D eigenvalue weighted by Gasteiger charge is -2.50. The Morgan fingerprint density at radius 3 is 1.08 bits per heavy atom. The molecule has 3 aromatic carbocycles. The van der Waals surface area contributed by atoms with Crippen LogP contribution < -0.4 is 0 Å². The molecule has 1 aliphatic heterocycles. The monoisotopic (exact) mass is 936 g/mol. The average Bonchev–Trinajstić information content (AvgIpc) is 3.88. The molecule has 3 nitrogen and oxygen atoms in total. The van der Waals surface area contributed by atoms with Crippen LogP contribution in [0, 0.1) is 5.92 Å². The van der Waals surface area contributed by atoms with Gasteiger partial charge in [-0.3, -0.25) is 4.90 Å². The van der Waals surface area contributed by atoms with Crippen molar-refractivity contribution in [1.29, 1.82) is 0 Å². The average molecular weight is 937 g/mol. The lowest BCUT2D eigenvalue weighted by atomic mass is 9.75. The van der Waals surface area contributed by atoms with E-state index in [0.29, 0.717) is 22.5 Å². The third kappa shape index (κ3) is 13.0. The smallest absolute Gasteiger partial charge is 0.0976 e. The minimum absolute atomic E-state index is 0. The fourth-order valence-corrected chi connectivity index (χ4v) is 25.3. The van der Waals surface area contributed by atoms with Crippen LogP contribution in [-0.2, 0) is 5.54 Å². The van der Waals surface area contributed by atoms with Gasteiger partial charge in [-0.1, -0.05) is 228 Å². The van der Waals surface area contributed by atoms with E-state index in [0.717, 1.165) is 48.1 Å². The summed E-state index contributed by atoms with van der Waals surface area (Å²) in [5, 5.41) is 22.9. The van der Waals surface area contributed by atoms with Gasteiger partial charge < -0.3 is 10.2 Å². The SMILES string of the molecule is C.CC(C)[Si](C[C@@H](O)C1CCCC1)(C(C)C)C(C)C.CC(C)[Si](C[C@@H](O)[C@@H]1CCCN1C(c1ccccc1)(c1ccccc1)c1ccccc1)(C(C)C)C(C)C.S.S.S.S. The number of aliphatic hydroxyl groups is 2. The van der Waals surface area contributed by atoms with Crippen LogP contribution in [0.25, 0.3) is 0 Å². The molecule has 1 saturated carbocycles. The molecule has 0 spiro atoms. The van der Waals surface area contributed by atoms with E-state index in [2.05, 4.69) is 179 Å². The van der Waals surface area contributed by atoms with Crippen molar-refractivity contribution in [2.45, 2.75) is 198 Å². The molecule has 1 saturated heterocycles. The zero-order valence-corrected chi connectivity index (χ0v) is 45.1. The van der Waals surface area contributed by atoms with E-state index < -0.39 is 21.7 Å². The van der Waals surface area contributed by atoms with E-state index in [1.165, 1.54) is 42.4 Å². The van der Waals surface area contributed by atoms with Crippen LogP contribution in [0.15, 0.2) is 91.0 Å². The van der Waals surface area contributed by atoms with Crippen LogP contribution in [0.1, 0.15) is 146 Å². The summed E-state index contributed by atoms with van der Waals surface area (Å²) in [6.07, 6.45) is 6.98. The molecular formula is C51H93NO2S4Si2. The lowest BCUT2D eigenvalue weighted by Crippen LogP contribution is -2.56. The summed E-state index contributed by atoms with van der Waals surface area (Å²) in [6.45, 7) is 29.8. The van der Waals surface area contributed by atoms with Gasteiger partial charge in [-0.15, -0.1) is 0 Å². The van der Waals surface area contributed by atoms with Gasteiger partial charge in [-0.25, -0.2) is 0 Å². The van der Waals surface area contributed by atoms with Crippen molar-refractivity contribution in [2.24, 2.45) is 5.92 Å². The van der Waals surface area contributed by atoms with Gasteiger partial charge in [0.2, 0.25) is 0 Å². The fraction of sp³-hybridized carbons (Fsp3) is 0.647. The van der Waals surface area contributed by atoms with Crippen molar-refractivity contribution in [2.75, 3.05) is 6.54 Å². The van der Waals surface area contributed by atoms with E-state index >= 15 is 0 Å². The van der Waals surface area contributed by atoms with Gasteiger partial charge in [0.1, 0.15) is 0 Å². The summed E-state index contributed by atoms with van der Waals surface area (Å²) < 4.78 is 0. The number of hydrogen-bond acceptors (Lipinski definition) is 3. The maximum atomic E-state index is 12.2. The highest BCUT2D eigenvalue weighted by molar-refractivity contribution is 7.59. The Balaban J connectivity index is 0. The van der Waals surface area contributed by atoms with Gasteiger partial charge in [-0.2, -0.15) is 54.0 Å². The Kier molecular flexibility index (Phi) is 28.3. The zero-order chi connectivity index (χ0) is 40.6. The first-order valence-electron chi connectivity index (χ1n) is 22.4. The number of rotatable bonds is 16. The third-order valence-electron chi connectivity index (χ3n) is 15.3. The first-order chi connectivity index (χ1) is 26.1. The van der Waals surface area contributed by atoms with E-state index in [-0.39, 0.29) is 79.7 Å². The molecule has 2 N–H and O–H groups in total. The lowest BCUT2D eigenvalue weighted by molar-refractivity contribution is 0.0422. The zero-order valence-electron chi connectivity index (χ0n) is 39.1. The van der Waals surface area contributed by atoms with Crippen LogP contribution >= 0.6 is 54.0 Å². The van der Waals surface area contributed by atoms with Gasteiger partial charge in [-0.05, 0) is 60.4 Å². The van der Waals surface area contributed by atoms with E-state index in [9.17, 15) is 10.2 Å². The van der Waals surface area contributed by atoms with Gasteiger partial charge in [0, 0.05) is 12.6 Å². The van der Waals surface area contributed by atoms with Crippen molar-refractivity contribution >= 4 is 70.1 Å². The number of hydrogen-bond donors (Lipinski definition) is 2. The first kappa shape index (κ1) is 61.5. The molecule has 1 aliphatic carbocycles. The molecule has 0 bridgehead atoms. The van der Waals surface area contributed by atoms with Crippen LogP contribution in [0.5, 0.6) is 0 Å². The molecule has 0 radical (unpaired) electrons. The van der Waals surface area contributed by atoms with Crippen LogP contribution in [-0.4, -0.2) is 56.1 Å². The Hall–Kier alpha value is -0.626. The largest absolute Gasteiger partial charge is 0.393 e. The highest BCUT2D eigenvalue weighted by Crippen LogP contribution is 2.50. The molecule has 2 fully saturated rings. The van der Waals surface area contributed by atoms with Crippen molar-refractivity contribution < 1.29 is 10.2 Å². The Morgan fingerprint density at radius 1 is 0.483 bits per heavy atom. The summed E-state index contributed by atoms with van der Waals surface area (Å²) in [5.41, 5.74) is 7.58. The van der Waals surface area contributed by atoms with E-state index in [4.69, 9.17) is 0 Å². The second-order valence-electron chi connectivity index (χ2n) is 19.5. The molecule has 0 aromatic heterocycles. The maximum Gasteiger partial charge on any atom is 0.0976 e. The molecule has 9 heteroatoms. The van der Waals surface area contributed by atoms with Gasteiger partial charge in [0.15, 0.2) is 0 Å².